The van der Waals surface area contributed by atoms with E-state index in [1.54, 1.807) is 19.1 Å². The predicted molar refractivity (Wildman–Crippen MR) is 98.6 cm³/mol. The second kappa shape index (κ2) is 7.82. The Labute approximate surface area is 141 Å². The van der Waals surface area contributed by atoms with Gasteiger partial charge in [0, 0.05) is 5.57 Å². The lowest BCUT2D eigenvalue weighted by Gasteiger charge is -2.42. The molecule has 0 radical (unpaired) electrons. The predicted octanol–water partition coefficient (Wildman–Crippen LogP) is 5.72. The Hall–Kier alpha value is -1.55. The van der Waals surface area contributed by atoms with Crippen molar-refractivity contribution < 1.29 is 14.0 Å². The summed E-state index contributed by atoms with van der Waals surface area (Å²) >= 11 is 0. The highest BCUT2D eigenvalue weighted by Crippen LogP contribution is 2.42. The summed E-state index contributed by atoms with van der Waals surface area (Å²) in [4.78, 5) is 11.5. The molecule has 1 rings (SSSR count). The van der Waals surface area contributed by atoms with Gasteiger partial charge in [-0.1, -0.05) is 48.1 Å². The van der Waals surface area contributed by atoms with E-state index < -0.39 is 14.3 Å². The average Bonchev–Trinajstić information content (AvgIpc) is 2.45. The lowest BCUT2D eigenvalue weighted by Crippen LogP contribution is -2.50. The molecule has 1 aromatic rings. The van der Waals surface area contributed by atoms with E-state index >= 15 is 0 Å². The molecule has 0 amide bonds. The minimum absolute atomic E-state index is 0.385. The number of carbonyl (C=O) groups is 1. The summed E-state index contributed by atoms with van der Waals surface area (Å²) in [5, 5.41) is 0. The van der Waals surface area contributed by atoms with Gasteiger partial charge in [-0.05, 0) is 47.8 Å². The molecule has 0 N–H and O–H groups in total. The first-order valence-corrected chi connectivity index (χ1v) is 10.4. The van der Waals surface area contributed by atoms with Crippen molar-refractivity contribution in [2.45, 2.75) is 65.1 Å². The van der Waals surface area contributed by atoms with Gasteiger partial charge in [0.15, 0.2) is 0 Å². The molecule has 0 aromatic heterocycles. The van der Waals surface area contributed by atoms with Crippen LogP contribution in [0.15, 0.2) is 36.4 Å². The molecule has 3 nitrogen and oxygen atoms in total. The molecule has 0 unspecified atom stereocenters. The highest BCUT2D eigenvalue weighted by atomic mass is 28.4. The zero-order valence-electron chi connectivity index (χ0n) is 15.5. The van der Waals surface area contributed by atoms with E-state index in [0.717, 1.165) is 5.75 Å². The first kappa shape index (κ1) is 19.5. The molecule has 4 heteroatoms. The Balaban J connectivity index is 2.99. The van der Waals surface area contributed by atoms with Crippen molar-refractivity contribution in [1.82, 2.24) is 0 Å². The Kier molecular flexibility index (Phi) is 6.63. The van der Waals surface area contributed by atoms with Crippen molar-refractivity contribution in [2.75, 3.05) is 0 Å². The Morgan fingerprint density at radius 1 is 0.913 bits per heavy atom. The van der Waals surface area contributed by atoms with Crippen molar-refractivity contribution in [1.29, 1.82) is 0 Å². The van der Waals surface area contributed by atoms with E-state index in [0.29, 0.717) is 27.9 Å². The van der Waals surface area contributed by atoms with Gasteiger partial charge in [-0.3, -0.25) is 0 Å². The SMILES string of the molecule is C=C(C)C(=O)Oc1ccc(O[Si](C(C)C)(C(C)C)C(C)C)cc1. The minimum atomic E-state index is -1.96. The molecule has 0 aliphatic heterocycles. The van der Waals surface area contributed by atoms with E-state index in [9.17, 15) is 4.79 Å². The first-order valence-electron chi connectivity index (χ1n) is 8.28. The third kappa shape index (κ3) is 4.47. The molecule has 0 atom stereocenters. The maximum absolute atomic E-state index is 11.5. The summed E-state index contributed by atoms with van der Waals surface area (Å²) in [6.45, 7) is 18.8. The third-order valence-corrected chi connectivity index (χ3v) is 10.4. The summed E-state index contributed by atoms with van der Waals surface area (Å²) in [6.07, 6.45) is 0. The summed E-state index contributed by atoms with van der Waals surface area (Å²) in [5.41, 5.74) is 1.94. The molecule has 0 saturated heterocycles. The maximum atomic E-state index is 11.5. The van der Waals surface area contributed by atoms with Gasteiger partial charge in [0.2, 0.25) is 0 Å². The number of rotatable bonds is 7. The molecular formula is C19H30O3Si. The van der Waals surface area contributed by atoms with Gasteiger partial charge in [-0.2, -0.15) is 0 Å². The van der Waals surface area contributed by atoms with Crippen molar-refractivity contribution >= 4 is 14.3 Å². The number of hydrogen-bond donors (Lipinski definition) is 0. The molecule has 0 aliphatic carbocycles. The number of esters is 1. The standard InChI is InChI=1S/C19H30O3Si/c1-13(2)19(20)21-17-9-11-18(12-10-17)22-23(14(3)4,15(5)6)16(7)8/h9-12,14-16H,1H2,2-8H3. The first-order chi connectivity index (χ1) is 10.6. The van der Waals surface area contributed by atoms with Crippen molar-refractivity contribution in [3.63, 3.8) is 0 Å². The molecule has 0 saturated carbocycles. The minimum Gasteiger partial charge on any atom is -0.543 e. The quantitative estimate of drug-likeness (QED) is 0.277. The van der Waals surface area contributed by atoms with Crippen LogP contribution in [0.3, 0.4) is 0 Å². The van der Waals surface area contributed by atoms with Crippen LogP contribution in [0.1, 0.15) is 48.5 Å². The van der Waals surface area contributed by atoms with E-state index in [4.69, 9.17) is 9.16 Å². The number of benzene rings is 1. The molecule has 0 spiro atoms. The largest absolute Gasteiger partial charge is 0.543 e. The van der Waals surface area contributed by atoms with Crippen LogP contribution >= 0.6 is 0 Å². The fraction of sp³-hybridized carbons (Fsp3) is 0.526. The van der Waals surface area contributed by atoms with Gasteiger partial charge in [0.05, 0.1) is 0 Å². The monoisotopic (exact) mass is 334 g/mol. The second-order valence-electron chi connectivity index (χ2n) is 7.06. The average molecular weight is 335 g/mol. The number of hydrogen-bond acceptors (Lipinski definition) is 3. The zero-order valence-corrected chi connectivity index (χ0v) is 16.5. The fourth-order valence-corrected chi connectivity index (χ4v) is 8.58. The number of ether oxygens (including phenoxy) is 1. The van der Waals surface area contributed by atoms with Crippen molar-refractivity contribution in [3.8, 4) is 11.5 Å². The summed E-state index contributed by atoms with van der Waals surface area (Å²) in [6, 6.07) is 7.32. The summed E-state index contributed by atoms with van der Waals surface area (Å²) in [7, 11) is -1.96. The molecule has 0 heterocycles. The van der Waals surface area contributed by atoms with Gasteiger partial charge in [0.25, 0.3) is 8.32 Å². The molecule has 0 aliphatic rings. The van der Waals surface area contributed by atoms with Crippen LogP contribution in [0.4, 0.5) is 0 Å². The Bertz CT molecular complexity index is 522. The van der Waals surface area contributed by atoms with Crippen molar-refractivity contribution in [3.05, 3.63) is 36.4 Å². The lowest BCUT2D eigenvalue weighted by atomic mass is 10.3. The van der Waals surface area contributed by atoms with Crippen LogP contribution in [0.5, 0.6) is 11.5 Å². The summed E-state index contributed by atoms with van der Waals surface area (Å²) in [5.74, 6) is 0.952. The second-order valence-corrected chi connectivity index (χ2v) is 12.4. The van der Waals surface area contributed by atoms with Gasteiger partial charge in [-0.15, -0.1) is 0 Å². The van der Waals surface area contributed by atoms with Gasteiger partial charge < -0.3 is 9.16 Å². The fourth-order valence-electron chi connectivity index (χ4n) is 3.33. The van der Waals surface area contributed by atoms with E-state index in [-0.39, 0.29) is 0 Å². The van der Waals surface area contributed by atoms with Crippen LogP contribution in [-0.2, 0) is 4.79 Å². The highest BCUT2D eigenvalue weighted by Gasteiger charge is 2.46. The molecule has 0 fully saturated rings. The van der Waals surface area contributed by atoms with Crippen LogP contribution in [0.25, 0.3) is 0 Å². The zero-order chi connectivity index (χ0) is 17.8. The lowest BCUT2D eigenvalue weighted by molar-refractivity contribution is -0.130. The topological polar surface area (TPSA) is 35.5 Å². The Morgan fingerprint density at radius 3 is 1.65 bits per heavy atom. The molecule has 0 bridgehead atoms. The van der Waals surface area contributed by atoms with E-state index in [2.05, 4.69) is 48.1 Å². The smallest absolute Gasteiger partial charge is 0.338 e. The highest BCUT2D eigenvalue weighted by molar-refractivity contribution is 6.78. The van der Waals surface area contributed by atoms with Crippen LogP contribution < -0.4 is 9.16 Å². The Morgan fingerprint density at radius 2 is 1.30 bits per heavy atom. The molecular weight excluding hydrogens is 304 g/mol. The van der Waals surface area contributed by atoms with E-state index in [1.165, 1.54) is 0 Å². The van der Waals surface area contributed by atoms with Crippen molar-refractivity contribution in [2.24, 2.45) is 0 Å². The molecule has 128 valence electrons. The van der Waals surface area contributed by atoms with E-state index in [1.807, 2.05) is 12.1 Å². The van der Waals surface area contributed by atoms with Gasteiger partial charge in [-0.25, -0.2) is 4.79 Å². The normalized spacial score (nSPS) is 11.9. The summed E-state index contributed by atoms with van der Waals surface area (Å²) < 4.78 is 11.8. The molecule has 23 heavy (non-hydrogen) atoms. The van der Waals surface area contributed by atoms with Crippen LogP contribution in [-0.4, -0.2) is 14.3 Å². The number of carbonyl (C=O) groups excluding carboxylic acids is 1. The van der Waals surface area contributed by atoms with Gasteiger partial charge in [0.1, 0.15) is 11.5 Å². The molecule has 1 aromatic carbocycles. The third-order valence-electron chi connectivity index (χ3n) is 4.38. The van der Waals surface area contributed by atoms with Crippen LogP contribution in [0.2, 0.25) is 16.6 Å². The van der Waals surface area contributed by atoms with Crippen LogP contribution in [0, 0.1) is 0 Å². The maximum Gasteiger partial charge on any atom is 0.338 e. The van der Waals surface area contributed by atoms with Gasteiger partial charge >= 0.3 is 5.97 Å².